The lowest BCUT2D eigenvalue weighted by Gasteiger charge is -2.11. The standard InChI is InChI=1S/C27H21FN6O3S/c28-20-6-8-22-19(11-20)12-23(25-29-9-10-37-25)34(22)15-24(35)31-14-21-7-5-18(13-30-21)16-1-3-17(4-2-16)26-32-33-27(36)38-26/h1-13,26,32H,14-15H2,(H,31,35)(H,33,36). The van der Waals surface area contributed by atoms with Crippen molar-refractivity contribution in [3.63, 3.8) is 0 Å². The van der Waals surface area contributed by atoms with Crippen molar-refractivity contribution in [2.45, 2.75) is 18.5 Å². The predicted octanol–water partition coefficient (Wildman–Crippen LogP) is 4.77. The van der Waals surface area contributed by atoms with Gasteiger partial charge < -0.3 is 14.3 Å². The van der Waals surface area contributed by atoms with Crippen LogP contribution >= 0.6 is 11.8 Å². The molecule has 2 aromatic carbocycles. The highest BCUT2D eigenvalue weighted by atomic mass is 32.2. The number of halogens is 1. The van der Waals surface area contributed by atoms with Crippen LogP contribution in [0.25, 0.3) is 33.6 Å². The van der Waals surface area contributed by atoms with Crippen molar-refractivity contribution < 1.29 is 18.4 Å². The van der Waals surface area contributed by atoms with E-state index in [2.05, 4.69) is 26.1 Å². The van der Waals surface area contributed by atoms with Crippen LogP contribution in [0.3, 0.4) is 0 Å². The molecule has 1 aliphatic rings. The topological polar surface area (TPSA) is 114 Å². The Balaban J connectivity index is 1.11. The summed E-state index contributed by atoms with van der Waals surface area (Å²) in [7, 11) is 0. The zero-order chi connectivity index (χ0) is 26.1. The summed E-state index contributed by atoms with van der Waals surface area (Å²) in [4.78, 5) is 32.9. The Morgan fingerprint density at radius 3 is 2.63 bits per heavy atom. The number of carbonyl (C=O) groups is 2. The summed E-state index contributed by atoms with van der Waals surface area (Å²) in [5, 5.41) is 3.34. The summed E-state index contributed by atoms with van der Waals surface area (Å²) in [6.07, 6.45) is 4.74. The molecule has 3 aromatic heterocycles. The lowest BCUT2D eigenvalue weighted by molar-refractivity contribution is -0.121. The molecule has 0 radical (unpaired) electrons. The number of benzene rings is 2. The number of hydrogen-bond donors (Lipinski definition) is 3. The van der Waals surface area contributed by atoms with E-state index in [0.717, 1.165) is 16.7 Å². The van der Waals surface area contributed by atoms with Crippen LogP contribution in [0.4, 0.5) is 9.18 Å². The fourth-order valence-electron chi connectivity index (χ4n) is 4.32. The van der Waals surface area contributed by atoms with Gasteiger partial charge in [-0.05, 0) is 53.2 Å². The van der Waals surface area contributed by atoms with Gasteiger partial charge in [0.25, 0.3) is 5.24 Å². The van der Waals surface area contributed by atoms with E-state index >= 15 is 0 Å². The minimum absolute atomic E-state index is 0.00648. The third-order valence-corrected chi connectivity index (χ3v) is 7.13. The maximum atomic E-state index is 13.8. The van der Waals surface area contributed by atoms with E-state index in [1.54, 1.807) is 22.9 Å². The number of rotatable bonds is 7. The van der Waals surface area contributed by atoms with Crippen LogP contribution in [0.15, 0.2) is 83.7 Å². The van der Waals surface area contributed by atoms with Gasteiger partial charge in [-0.1, -0.05) is 30.3 Å². The van der Waals surface area contributed by atoms with Crippen molar-refractivity contribution in [1.29, 1.82) is 0 Å². The highest BCUT2D eigenvalue weighted by molar-refractivity contribution is 8.14. The van der Waals surface area contributed by atoms with E-state index < -0.39 is 0 Å². The van der Waals surface area contributed by atoms with Gasteiger partial charge in [0.2, 0.25) is 11.8 Å². The second kappa shape index (κ2) is 10.1. The summed E-state index contributed by atoms with van der Waals surface area (Å²) in [6, 6.07) is 17.9. The molecule has 0 saturated carbocycles. The Morgan fingerprint density at radius 2 is 1.92 bits per heavy atom. The van der Waals surface area contributed by atoms with Crippen LogP contribution in [0, 0.1) is 5.82 Å². The number of carbonyl (C=O) groups excluding carboxylic acids is 2. The van der Waals surface area contributed by atoms with Crippen molar-refractivity contribution in [3.8, 4) is 22.7 Å². The predicted molar refractivity (Wildman–Crippen MR) is 141 cm³/mol. The van der Waals surface area contributed by atoms with Crippen molar-refractivity contribution in [3.05, 3.63) is 96.4 Å². The normalized spacial score (nSPS) is 15.1. The lowest BCUT2D eigenvalue weighted by Crippen LogP contribution is -2.27. The van der Waals surface area contributed by atoms with Crippen molar-refractivity contribution >= 4 is 33.8 Å². The number of oxazole rings is 1. The van der Waals surface area contributed by atoms with Gasteiger partial charge in [-0.2, -0.15) is 0 Å². The molecular weight excluding hydrogens is 507 g/mol. The Hall–Kier alpha value is -4.48. The van der Waals surface area contributed by atoms with Crippen LogP contribution in [0.1, 0.15) is 16.6 Å². The molecule has 38 heavy (non-hydrogen) atoms. The first-order chi connectivity index (χ1) is 18.5. The van der Waals surface area contributed by atoms with E-state index in [1.807, 2.05) is 36.4 Å². The van der Waals surface area contributed by atoms with E-state index in [9.17, 15) is 14.0 Å². The molecule has 1 saturated heterocycles. The SMILES string of the molecule is O=C(Cn1c(-c2ncco2)cc2cc(F)ccc21)NCc1ccc(-c2ccc(C3NNC(=O)S3)cc2)cn1. The fraction of sp³-hybridized carbons (Fsp3) is 0.111. The van der Waals surface area contributed by atoms with E-state index in [0.29, 0.717) is 28.2 Å². The van der Waals surface area contributed by atoms with Gasteiger partial charge in [-0.25, -0.2) is 14.8 Å². The molecule has 3 N–H and O–H groups in total. The van der Waals surface area contributed by atoms with Crippen LogP contribution < -0.4 is 16.2 Å². The Kier molecular flexibility index (Phi) is 6.36. The van der Waals surface area contributed by atoms with Crippen molar-refractivity contribution in [2.75, 3.05) is 0 Å². The smallest absolute Gasteiger partial charge is 0.295 e. The Labute approximate surface area is 220 Å². The molecule has 0 aliphatic carbocycles. The molecule has 0 bridgehead atoms. The third kappa shape index (κ3) is 4.89. The molecule has 6 rings (SSSR count). The number of pyridine rings is 1. The van der Waals surface area contributed by atoms with Crippen molar-refractivity contribution in [1.82, 2.24) is 30.7 Å². The Morgan fingerprint density at radius 1 is 1.08 bits per heavy atom. The molecule has 1 unspecified atom stereocenters. The largest absolute Gasteiger partial charge is 0.443 e. The molecule has 1 fully saturated rings. The average Bonchev–Trinajstić information content (AvgIpc) is 3.69. The molecule has 1 atom stereocenters. The fourth-order valence-corrected chi connectivity index (χ4v) is 5.06. The number of nitrogens with one attached hydrogen (secondary N) is 3. The second-order valence-electron chi connectivity index (χ2n) is 8.65. The number of hydrazine groups is 1. The van der Waals surface area contributed by atoms with Crippen LogP contribution in [-0.4, -0.2) is 25.7 Å². The van der Waals surface area contributed by atoms with Gasteiger partial charge in [-0.15, -0.1) is 0 Å². The number of hydrogen-bond acceptors (Lipinski definition) is 7. The van der Waals surface area contributed by atoms with Gasteiger partial charge >= 0.3 is 0 Å². The molecule has 9 nitrogen and oxygen atoms in total. The van der Waals surface area contributed by atoms with Gasteiger partial charge in [0, 0.05) is 22.7 Å². The van der Waals surface area contributed by atoms with Crippen LogP contribution in [0.2, 0.25) is 0 Å². The number of nitrogens with zero attached hydrogens (tertiary/aromatic N) is 3. The molecule has 2 amide bonds. The zero-order valence-electron chi connectivity index (χ0n) is 19.8. The summed E-state index contributed by atoms with van der Waals surface area (Å²) in [5.41, 5.74) is 10.5. The van der Waals surface area contributed by atoms with Crippen molar-refractivity contribution in [2.24, 2.45) is 0 Å². The average molecular weight is 529 g/mol. The minimum atomic E-state index is -0.359. The van der Waals surface area contributed by atoms with Crippen LogP contribution in [-0.2, 0) is 17.9 Å². The number of aromatic nitrogens is 3. The highest BCUT2D eigenvalue weighted by Gasteiger charge is 2.23. The first-order valence-corrected chi connectivity index (χ1v) is 12.6. The van der Waals surface area contributed by atoms with Gasteiger partial charge in [0.1, 0.15) is 29.7 Å². The highest BCUT2D eigenvalue weighted by Crippen LogP contribution is 2.31. The molecular formula is C27H21FN6O3S. The van der Waals surface area contributed by atoms with E-state index in [4.69, 9.17) is 4.42 Å². The molecule has 0 spiro atoms. The van der Waals surface area contributed by atoms with Gasteiger partial charge in [0.05, 0.1) is 18.4 Å². The maximum absolute atomic E-state index is 13.8. The lowest BCUT2D eigenvalue weighted by atomic mass is 10.1. The third-order valence-electron chi connectivity index (χ3n) is 6.18. The quantitative estimate of drug-likeness (QED) is 0.279. The summed E-state index contributed by atoms with van der Waals surface area (Å²) < 4.78 is 20.9. The van der Waals surface area contributed by atoms with Crippen LogP contribution in [0.5, 0.6) is 0 Å². The minimum Gasteiger partial charge on any atom is -0.443 e. The summed E-state index contributed by atoms with van der Waals surface area (Å²) in [6.45, 7) is 0.262. The molecule has 1 aliphatic heterocycles. The van der Waals surface area contributed by atoms with Gasteiger partial charge in [-0.3, -0.25) is 20.0 Å². The summed E-state index contributed by atoms with van der Waals surface area (Å²) >= 11 is 1.20. The molecule has 190 valence electrons. The maximum Gasteiger partial charge on any atom is 0.295 e. The molecule has 4 heterocycles. The number of fused-ring (bicyclic) bond motifs is 1. The second-order valence-corrected chi connectivity index (χ2v) is 9.73. The molecule has 11 heteroatoms. The Bertz CT molecular complexity index is 1620. The van der Waals surface area contributed by atoms with E-state index in [-0.39, 0.29) is 35.4 Å². The number of thioether (sulfide) groups is 1. The first kappa shape index (κ1) is 23.9. The van der Waals surface area contributed by atoms with E-state index in [1.165, 1.54) is 36.4 Å². The summed E-state index contributed by atoms with van der Waals surface area (Å²) in [5.74, 6) is -0.238. The molecule has 5 aromatic rings. The first-order valence-electron chi connectivity index (χ1n) is 11.8. The monoisotopic (exact) mass is 528 g/mol. The van der Waals surface area contributed by atoms with Gasteiger partial charge in [0.15, 0.2) is 0 Å². The zero-order valence-corrected chi connectivity index (χ0v) is 20.7. The number of amides is 2.